The molecule has 1 atom stereocenters. The van der Waals surface area contributed by atoms with Crippen LogP contribution in [0, 0.1) is 5.92 Å². The van der Waals surface area contributed by atoms with Crippen LogP contribution in [0.4, 0.5) is 0 Å². The maximum absolute atomic E-state index is 9.76. The maximum Gasteiger partial charge on any atom is 0.0667 e. The molecule has 16 heavy (non-hydrogen) atoms. The lowest BCUT2D eigenvalue weighted by Gasteiger charge is -2.13. The maximum atomic E-state index is 9.76. The molecule has 0 saturated heterocycles. The van der Waals surface area contributed by atoms with E-state index in [1.54, 1.807) is 0 Å². The van der Waals surface area contributed by atoms with Crippen LogP contribution in [0.1, 0.15) is 25.8 Å². The number of hydrogen-bond donors (Lipinski definition) is 2. The molecule has 0 amide bonds. The smallest absolute Gasteiger partial charge is 0.0667 e. The van der Waals surface area contributed by atoms with Gasteiger partial charge < -0.3 is 10.4 Å². The number of nitrogens with one attached hydrogen (secondary N) is 1. The van der Waals surface area contributed by atoms with Crippen molar-refractivity contribution >= 4 is 0 Å². The van der Waals surface area contributed by atoms with E-state index >= 15 is 0 Å². The predicted octanol–water partition coefficient (Wildman–Crippen LogP) is 2.23. The third-order valence-corrected chi connectivity index (χ3v) is 2.54. The van der Waals surface area contributed by atoms with Gasteiger partial charge in [0.25, 0.3) is 0 Å². The van der Waals surface area contributed by atoms with Gasteiger partial charge in [0.05, 0.1) is 6.10 Å². The lowest BCUT2D eigenvalue weighted by atomic mass is 10.1. The largest absolute Gasteiger partial charge is 0.392 e. The number of rotatable bonds is 7. The van der Waals surface area contributed by atoms with E-state index in [1.807, 2.05) is 18.2 Å². The first-order valence-electron chi connectivity index (χ1n) is 6.11. The standard InChI is InChI=1S/C14H23NO/c1-12(2)10-15-11-14(16)9-8-13-6-4-3-5-7-13/h3-7,12,14-16H,8-11H2,1-2H3. The lowest BCUT2D eigenvalue weighted by Crippen LogP contribution is -2.29. The zero-order valence-corrected chi connectivity index (χ0v) is 10.3. The van der Waals surface area contributed by atoms with Crippen LogP contribution < -0.4 is 5.32 Å². The normalized spacial score (nSPS) is 13.0. The van der Waals surface area contributed by atoms with Gasteiger partial charge in [0.2, 0.25) is 0 Å². The van der Waals surface area contributed by atoms with E-state index in [1.165, 1.54) is 5.56 Å². The topological polar surface area (TPSA) is 32.3 Å². The molecule has 0 heterocycles. The third kappa shape index (κ3) is 5.89. The van der Waals surface area contributed by atoms with Crippen molar-refractivity contribution in [3.8, 4) is 0 Å². The van der Waals surface area contributed by atoms with E-state index in [4.69, 9.17) is 0 Å². The summed E-state index contributed by atoms with van der Waals surface area (Å²) < 4.78 is 0. The highest BCUT2D eigenvalue weighted by Gasteiger charge is 2.04. The summed E-state index contributed by atoms with van der Waals surface area (Å²) in [6.45, 7) is 6.01. The Morgan fingerprint density at radius 1 is 1.12 bits per heavy atom. The number of aliphatic hydroxyl groups excluding tert-OH is 1. The fourth-order valence-corrected chi connectivity index (χ4v) is 1.62. The van der Waals surface area contributed by atoms with Gasteiger partial charge in [-0.1, -0.05) is 44.2 Å². The van der Waals surface area contributed by atoms with Crippen molar-refractivity contribution in [2.45, 2.75) is 32.8 Å². The van der Waals surface area contributed by atoms with Gasteiger partial charge in [0.1, 0.15) is 0 Å². The molecule has 0 spiro atoms. The summed E-state index contributed by atoms with van der Waals surface area (Å²) in [6.07, 6.45) is 1.54. The van der Waals surface area contributed by atoms with Gasteiger partial charge in [-0.05, 0) is 30.9 Å². The molecule has 1 aromatic rings. The molecule has 2 heteroatoms. The molecular weight excluding hydrogens is 198 g/mol. The Kier molecular flexibility index (Phi) is 6.12. The average molecular weight is 221 g/mol. The lowest BCUT2D eigenvalue weighted by molar-refractivity contribution is 0.161. The van der Waals surface area contributed by atoms with Gasteiger partial charge in [0, 0.05) is 6.54 Å². The summed E-state index contributed by atoms with van der Waals surface area (Å²) >= 11 is 0. The van der Waals surface area contributed by atoms with Crippen molar-refractivity contribution < 1.29 is 5.11 Å². The summed E-state index contributed by atoms with van der Waals surface area (Å²) in [7, 11) is 0. The number of aliphatic hydroxyl groups is 1. The zero-order valence-electron chi connectivity index (χ0n) is 10.3. The second-order valence-electron chi connectivity index (χ2n) is 4.73. The van der Waals surface area contributed by atoms with Crippen molar-refractivity contribution in [1.29, 1.82) is 0 Å². The van der Waals surface area contributed by atoms with Gasteiger partial charge >= 0.3 is 0 Å². The summed E-state index contributed by atoms with van der Waals surface area (Å²) in [5, 5.41) is 13.0. The molecule has 2 N–H and O–H groups in total. The van der Waals surface area contributed by atoms with Crippen LogP contribution in [-0.4, -0.2) is 24.3 Å². The molecule has 0 aliphatic rings. The second kappa shape index (κ2) is 7.42. The fourth-order valence-electron chi connectivity index (χ4n) is 1.62. The minimum atomic E-state index is -0.237. The SMILES string of the molecule is CC(C)CNCC(O)CCc1ccccc1. The van der Waals surface area contributed by atoms with Crippen LogP contribution >= 0.6 is 0 Å². The monoisotopic (exact) mass is 221 g/mol. The van der Waals surface area contributed by atoms with Crippen LogP contribution in [-0.2, 0) is 6.42 Å². The van der Waals surface area contributed by atoms with Crippen molar-refractivity contribution in [1.82, 2.24) is 5.32 Å². The molecule has 1 aromatic carbocycles. The van der Waals surface area contributed by atoms with Gasteiger partial charge in [0.15, 0.2) is 0 Å². The first-order valence-corrected chi connectivity index (χ1v) is 6.11. The van der Waals surface area contributed by atoms with Gasteiger partial charge in [-0.2, -0.15) is 0 Å². The third-order valence-electron chi connectivity index (χ3n) is 2.54. The van der Waals surface area contributed by atoms with E-state index in [0.717, 1.165) is 19.4 Å². The van der Waals surface area contributed by atoms with Gasteiger partial charge in [-0.3, -0.25) is 0 Å². The first-order chi connectivity index (χ1) is 7.68. The molecule has 0 fully saturated rings. The van der Waals surface area contributed by atoms with Crippen molar-refractivity contribution in [3.05, 3.63) is 35.9 Å². The molecule has 0 aliphatic heterocycles. The van der Waals surface area contributed by atoms with E-state index in [-0.39, 0.29) is 6.10 Å². The highest BCUT2D eigenvalue weighted by molar-refractivity contribution is 5.14. The average Bonchev–Trinajstić information content (AvgIpc) is 2.27. The molecule has 0 aliphatic carbocycles. The van der Waals surface area contributed by atoms with Crippen LogP contribution in [0.15, 0.2) is 30.3 Å². The van der Waals surface area contributed by atoms with E-state index in [9.17, 15) is 5.11 Å². The van der Waals surface area contributed by atoms with Crippen LogP contribution in [0.3, 0.4) is 0 Å². The summed E-state index contributed by atoms with van der Waals surface area (Å²) in [5.74, 6) is 0.640. The molecule has 1 unspecified atom stereocenters. The minimum Gasteiger partial charge on any atom is -0.392 e. The minimum absolute atomic E-state index is 0.237. The summed E-state index contributed by atoms with van der Waals surface area (Å²) in [4.78, 5) is 0. The van der Waals surface area contributed by atoms with Crippen molar-refractivity contribution in [2.24, 2.45) is 5.92 Å². The van der Waals surface area contributed by atoms with Crippen molar-refractivity contribution in [3.63, 3.8) is 0 Å². The Hall–Kier alpha value is -0.860. The molecule has 0 saturated carbocycles. The molecule has 1 rings (SSSR count). The number of aryl methyl sites for hydroxylation is 1. The molecule has 90 valence electrons. The highest BCUT2D eigenvalue weighted by atomic mass is 16.3. The van der Waals surface area contributed by atoms with Crippen LogP contribution in [0.5, 0.6) is 0 Å². The van der Waals surface area contributed by atoms with E-state index < -0.39 is 0 Å². The van der Waals surface area contributed by atoms with Gasteiger partial charge in [-0.25, -0.2) is 0 Å². The van der Waals surface area contributed by atoms with Gasteiger partial charge in [-0.15, -0.1) is 0 Å². The summed E-state index contributed by atoms with van der Waals surface area (Å²) in [6, 6.07) is 10.3. The van der Waals surface area contributed by atoms with Crippen LogP contribution in [0.2, 0.25) is 0 Å². The molecule has 0 aromatic heterocycles. The number of hydrogen-bond acceptors (Lipinski definition) is 2. The number of benzene rings is 1. The molecular formula is C14H23NO. The predicted molar refractivity (Wildman–Crippen MR) is 68.5 cm³/mol. The fraction of sp³-hybridized carbons (Fsp3) is 0.571. The highest BCUT2D eigenvalue weighted by Crippen LogP contribution is 2.04. The Labute approximate surface area is 98.7 Å². The Bertz CT molecular complexity index is 271. The Balaban J connectivity index is 2.13. The summed E-state index contributed by atoms with van der Waals surface area (Å²) in [5.41, 5.74) is 1.30. The molecule has 0 bridgehead atoms. The van der Waals surface area contributed by atoms with E-state index in [2.05, 4.69) is 31.3 Å². The Morgan fingerprint density at radius 2 is 1.81 bits per heavy atom. The zero-order chi connectivity index (χ0) is 11.8. The van der Waals surface area contributed by atoms with Crippen LogP contribution in [0.25, 0.3) is 0 Å². The van der Waals surface area contributed by atoms with E-state index in [0.29, 0.717) is 12.5 Å². The van der Waals surface area contributed by atoms with Crippen molar-refractivity contribution in [2.75, 3.05) is 13.1 Å². The molecule has 2 nitrogen and oxygen atoms in total. The Morgan fingerprint density at radius 3 is 2.44 bits per heavy atom. The quantitative estimate of drug-likeness (QED) is 0.740. The second-order valence-corrected chi connectivity index (χ2v) is 4.73. The first kappa shape index (κ1) is 13.2. The molecule has 0 radical (unpaired) electrons.